The number of aryl methyl sites for hydroxylation is 1. The number of nitrogens with zero attached hydrogens (tertiary/aromatic N) is 1. The van der Waals surface area contributed by atoms with Gasteiger partial charge in [-0.3, -0.25) is 0 Å². The SMILES string of the molecule is Cc1cccc(NC(=O)N2CCc3sccc3C2C)c1. The highest BCUT2D eigenvalue weighted by Gasteiger charge is 2.28. The van der Waals surface area contributed by atoms with E-state index in [1.54, 1.807) is 11.3 Å². The van der Waals surface area contributed by atoms with E-state index in [9.17, 15) is 4.79 Å². The van der Waals surface area contributed by atoms with E-state index in [1.165, 1.54) is 10.4 Å². The molecule has 4 heteroatoms. The number of nitrogens with one attached hydrogen (secondary N) is 1. The molecule has 0 spiro atoms. The van der Waals surface area contributed by atoms with Gasteiger partial charge in [0.1, 0.15) is 0 Å². The zero-order valence-corrected chi connectivity index (χ0v) is 12.5. The zero-order chi connectivity index (χ0) is 14.1. The smallest absolute Gasteiger partial charge is 0.317 e. The summed E-state index contributed by atoms with van der Waals surface area (Å²) in [6.45, 7) is 4.91. The van der Waals surface area contributed by atoms with Gasteiger partial charge >= 0.3 is 6.03 Å². The molecule has 3 nitrogen and oxygen atoms in total. The number of benzene rings is 1. The highest BCUT2D eigenvalue weighted by Crippen LogP contribution is 2.33. The summed E-state index contributed by atoms with van der Waals surface area (Å²) in [7, 11) is 0. The molecule has 1 unspecified atom stereocenters. The molecule has 1 aliphatic heterocycles. The average molecular weight is 286 g/mol. The van der Waals surface area contributed by atoms with Gasteiger partial charge in [-0.1, -0.05) is 12.1 Å². The Hall–Kier alpha value is -1.81. The second-order valence-electron chi connectivity index (χ2n) is 5.22. The van der Waals surface area contributed by atoms with E-state index in [0.29, 0.717) is 0 Å². The number of carbonyl (C=O) groups excluding carboxylic acids is 1. The van der Waals surface area contributed by atoms with Gasteiger partial charge in [0.15, 0.2) is 0 Å². The van der Waals surface area contributed by atoms with Gasteiger partial charge in [-0.15, -0.1) is 11.3 Å². The minimum atomic E-state index is -0.0139. The van der Waals surface area contributed by atoms with Gasteiger partial charge in [0, 0.05) is 17.1 Å². The van der Waals surface area contributed by atoms with Crippen LogP contribution in [0.3, 0.4) is 0 Å². The van der Waals surface area contributed by atoms with Gasteiger partial charge in [0.2, 0.25) is 0 Å². The summed E-state index contributed by atoms with van der Waals surface area (Å²) in [6, 6.07) is 10.2. The van der Waals surface area contributed by atoms with Crippen LogP contribution in [-0.2, 0) is 6.42 Å². The van der Waals surface area contributed by atoms with Crippen molar-refractivity contribution >= 4 is 23.1 Å². The van der Waals surface area contributed by atoms with E-state index >= 15 is 0 Å². The number of urea groups is 1. The van der Waals surface area contributed by atoms with Crippen LogP contribution in [-0.4, -0.2) is 17.5 Å². The Morgan fingerprint density at radius 1 is 1.40 bits per heavy atom. The summed E-state index contributed by atoms with van der Waals surface area (Å²) in [5, 5.41) is 5.11. The lowest BCUT2D eigenvalue weighted by atomic mass is 10.0. The number of fused-ring (bicyclic) bond motifs is 1. The number of hydrogen-bond acceptors (Lipinski definition) is 2. The quantitative estimate of drug-likeness (QED) is 0.837. The van der Waals surface area contributed by atoms with Crippen molar-refractivity contribution in [1.82, 2.24) is 4.90 Å². The third kappa shape index (κ3) is 2.43. The van der Waals surface area contributed by atoms with Crippen LogP contribution in [0.25, 0.3) is 0 Å². The molecule has 1 aliphatic rings. The number of rotatable bonds is 1. The number of amides is 2. The second-order valence-corrected chi connectivity index (χ2v) is 6.22. The molecule has 0 fully saturated rings. The molecule has 104 valence electrons. The van der Waals surface area contributed by atoms with Gasteiger partial charge in [0.05, 0.1) is 6.04 Å². The second kappa shape index (κ2) is 5.29. The van der Waals surface area contributed by atoms with Crippen LogP contribution in [0, 0.1) is 6.92 Å². The number of anilines is 1. The molecule has 0 bridgehead atoms. The molecule has 2 aromatic rings. The maximum Gasteiger partial charge on any atom is 0.322 e. The molecular weight excluding hydrogens is 268 g/mol. The maximum absolute atomic E-state index is 12.4. The largest absolute Gasteiger partial charge is 0.322 e. The summed E-state index contributed by atoms with van der Waals surface area (Å²) >= 11 is 1.79. The Bertz CT molecular complexity index is 635. The molecule has 0 saturated carbocycles. The third-order valence-electron chi connectivity index (χ3n) is 3.81. The van der Waals surface area contributed by atoms with Crippen molar-refractivity contribution in [3.63, 3.8) is 0 Å². The molecule has 1 atom stereocenters. The predicted molar refractivity (Wildman–Crippen MR) is 83.3 cm³/mol. The first-order chi connectivity index (χ1) is 9.65. The topological polar surface area (TPSA) is 32.3 Å². The van der Waals surface area contributed by atoms with E-state index in [0.717, 1.165) is 24.2 Å². The summed E-state index contributed by atoms with van der Waals surface area (Å²) in [5.41, 5.74) is 3.30. The summed E-state index contributed by atoms with van der Waals surface area (Å²) in [6.07, 6.45) is 0.957. The van der Waals surface area contributed by atoms with Crippen LogP contribution in [0.15, 0.2) is 35.7 Å². The Morgan fingerprint density at radius 2 is 2.25 bits per heavy atom. The summed E-state index contributed by atoms with van der Waals surface area (Å²) in [4.78, 5) is 15.8. The molecule has 1 N–H and O–H groups in total. The molecule has 0 saturated heterocycles. The highest BCUT2D eigenvalue weighted by atomic mass is 32.1. The van der Waals surface area contributed by atoms with Crippen molar-refractivity contribution in [3.05, 3.63) is 51.7 Å². The lowest BCUT2D eigenvalue weighted by Gasteiger charge is -2.33. The highest BCUT2D eigenvalue weighted by molar-refractivity contribution is 7.10. The van der Waals surface area contributed by atoms with E-state index in [2.05, 4.69) is 23.7 Å². The monoisotopic (exact) mass is 286 g/mol. The Labute approximate surface area is 123 Å². The van der Waals surface area contributed by atoms with Gasteiger partial charge in [0.25, 0.3) is 0 Å². The fourth-order valence-electron chi connectivity index (χ4n) is 2.71. The molecule has 3 rings (SSSR count). The van der Waals surface area contributed by atoms with Crippen molar-refractivity contribution in [3.8, 4) is 0 Å². The Morgan fingerprint density at radius 3 is 3.05 bits per heavy atom. The standard InChI is InChI=1S/C16H18N2OS/c1-11-4-3-5-13(10-11)17-16(19)18-8-6-15-14(12(18)2)7-9-20-15/h3-5,7,9-10,12H,6,8H2,1-2H3,(H,17,19). The van der Waals surface area contributed by atoms with Gasteiger partial charge in [-0.25, -0.2) is 4.79 Å². The maximum atomic E-state index is 12.4. The molecule has 1 aromatic carbocycles. The van der Waals surface area contributed by atoms with Crippen LogP contribution in [0.4, 0.5) is 10.5 Å². The lowest BCUT2D eigenvalue weighted by molar-refractivity contribution is 0.189. The third-order valence-corrected chi connectivity index (χ3v) is 4.80. The molecule has 0 aliphatic carbocycles. The van der Waals surface area contributed by atoms with Crippen molar-refractivity contribution < 1.29 is 4.79 Å². The first-order valence-corrected chi connectivity index (χ1v) is 7.73. The first kappa shape index (κ1) is 13.2. The van der Waals surface area contributed by atoms with E-state index in [1.807, 2.05) is 36.1 Å². The van der Waals surface area contributed by atoms with E-state index in [-0.39, 0.29) is 12.1 Å². The lowest BCUT2D eigenvalue weighted by Crippen LogP contribution is -2.40. The van der Waals surface area contributed by atoms with Gasteiger partial charge in [-0.05, 0) is 55.0 Å². The van der Waals surface area contributed by atoms with Crippen LogP contribution < -0.4 is 5.32 Å². The molecule has 2 amide bonds. The predicted octanol–water partition coefficient (Wildman–Crippen LogP) is 4.21. The molecule has 20 heavy (non-hydrogen) atoms. The Kier molecular flexibility index (Phi) is 3.49. The van der Waals surface area contributed by atoms with E-state index < -0.39 is 0 Å². The van der Waals surface area contributed by atoms with Crippen molar-refractivity contribution in [2.75, 3.05) is 11.9 Å². The first-order valence-electron chi connectivity index (χ1n) is 6.85. The van der Waals surface area contributed by atoms with E-state index in [4.69, 9.17) is 0 Å². The minimum Gasteiger partial charge on any atom is -0.317 e. The molecule has 2 heterocycles. The Balaban J connectivity index is 1.75. The molecule has 0 radical (unpaired) electrons. The minimum absolute atomic E-state index is 0.0139. The summed E-state index contributed by atoms with van der Waals surface area (Å²) in [5.74, 6) is 0. The number of carbonyl (C=O) groups is 1. The van der Waals surface area contributed by atoms with Crippen LogP contribution >= 0.6 is 11.3 Å². The van der Waals surface area contributed by atoms with Gasteiger partial charge in [-0.2, -0.15) is 0 Å². The number of thiophene rings is 1. The van der Waals surface area contributed by atoms with Crippen LogP contribution in [0.5, 0.6) is 0 Å². The van der Waals surface area contributed by atoms with Gasteiger partial charge < -0.3 is 10.2 Å². The van der Waals surface area contributed by atoms with Crippen LogP contribution in [0.2, 0.25) is 0 Å². The average Bonchev–Trinajstić information content (AvgIpc) is 2.88. The number of hydrogen-bond donors (Lipinski definition) is 1. The summed E-state index contributed by atoms with van der Waals surface area (Å²) < 4.78 is 0. The van der Waals surface area contributed by atoms with Crippen molar-refractivity contribution in [2.24, 2.45) is 0 Å². The molecular formula is C16H18N2OS. The zero-order valence-electron chi connectivity index (χ0n) is 11.7. The van der Waals surface area contributed by atoms with Crippen molar-refractivity contribution in [1.29, 1.82) is 0 Å². The normalized spacial score (nSPS) is 17.7. The van der Waals surface area contributed by atoms with Crippen molar-refractivity contribution in [2.45, 2.75) is 26.3 Å². The molecule has 1 aromatic heterocycles. The fraction of sp³-hybridized carbons (Fsp3) is 0.312. The van der Waals surface area contributed by atoms with Crippen LogP contribution in [0.1, 0.15) is 29.0 Å². The fourth-order valence-corrected chi connectivity index (χ4v) is 3.67.